The van der Waals surface area contributed by atoms with Crippen molar-refractivity contribution in [2.24, 2.45) is 0 Å². The first kappa shape index (κ1) is 15.2. The third kappa shape index (κ3) is 7.24. The number of hydrogen-bond donors (Lipinski definition) is 1. The van der Waals surface area contributed by atoms with Crippen LogP contribution in [-0.4, -0.2) is 30.4 Å². The van der Waals surface area contributed by atoms with Crippen molar-refractivity contribution >= 4 is 5.97 Å². The highest BCUT2D eigenvalue weighted by Crippen LogP contribution is 2.01. The Kier molecular flexibility index (Phi) is 7.33. The standard InChI is InChI=1S/C15H18O4/c1-2-19-15(17)10-6-9-14(16)12-18-11-13-7-4-3-5-8-13/h3-5,7-8,14,16H,2,9,11-12H2,1H3/t14-/m0/s1. The van der Waals surface area contributed by atoms with Gasteiger partial charge in [-0.1, -0.05) is 36.3 Å². The fraction of sp³-hybridized carbons (Fsp3) is 0.400. The van der Waals surface area contributed by atoms with E-state index < -0.39 is 12.1 Å². The van der Waals surface area contributed by atoms with E-state index in [1.165, 1.54) is 0 Å². The first-order valence-corrected chi connectivity index (χ1v) is 6.17. The topological polar surface area (TPSA) is 55.8 Å². The molecule has 4 nitrogen and oxygen atoms in total. The predicted octanol–water partition coefficient (Wildman–Crippen LogP) is 1.52. The van der Waals surface area contributed by atoms with Gasteiger partial charge in [-0.2, -0.15) is 0 Å². The summed E-state index contributed by atoms with van der Waals surface area (Å²) in [6, 6.07) is 9.70. The molecule has 0 aromatic heterocycles. The van der Waals surface area contributed by atoms with E-state index in [-0.39, 0.29) is 13.0 Å². The van der Waals surface area contributed by atoms with Crippen molar-refractivity contribution in [3.05, 3.63) is 35.9 Å². The summed E-state index contributed by atoms with van der Waals surface area (Å²) in [6.07, 6.45) is -0.515. The fourth-order valence-corrected chi connectivity index (χ4v) is 1.35. The van der Waals surface area contributed by atoms with Gasteiger partial charge in [0, 0.05) is 12.3 Å². The summed E-state index contributed by atoms with van der Waals surface area (Å²) in [6.45, 7) is 2.65. The minimum atomic E-state index is -0.703. The van der Waals surface area contributed by atoms with Crippen LogP contribution in [0.3, 0.4) is 0 Å². The van der Waals surface area contributed by atoms with E-state index in [9.17, 15) is 9.90 Å². The van der Waals surface area contributed by atoms with Gasteiger partial charge in [-0.15, -0.1) is 0 Å². The normalized spacial score (nSPS) is 11.3. The predicted molar refractivity (Wildman–Crippen MR) is 71.1 cm³/mol. The molecule has 0 radical (unpaired) electrons. The van der Waals surface area contributed by atoms with Crippen molar-refractivity contribution in [1.82, 2.24) is 0 Å². The molecule has 1 atom stereocenters. The SMILES string of the molecule is CCOC(=O)C#CC[C@H](O)COCc1ccccc1. The molecule has 0 aliphatic carbocycles. The molecule has 1 rings (SSSR count). The van der Waals surface area contributed by atoms with Crippen LogP contribution in [0, 0.1) is 11.8 Å². The quantitative estimate of drug-likeness (QED) is 0.480. The van der Waals surface area contributed by atoms with E-state index >= 15 is 0 Å². The molecular weight excluding hydrogens is 244 g/mol. The minimum absolute atomic E-state index is 0.187. The summed E-state index contributed by atoms with van der Waals surface area (Å²) in [5, 5.41) is 9.59. The van der Waals surface area contributed by atoms with Gasteiger partial charge >= 0.3 is 5.97 Å². The summed E-state index contributed by atoms with van der Waals surface area (Å²) in [7, 11) is 0. The van der Waals surface area contributed by atoms with Crippen molar-refractivity contribution in [3.63, 3.8) is 0 Å². The number of carbonyl (C=O) groups is 1. The molecule has 1 N–H and O–H groups in total. The van der Waals surface area contributed by atoms with Crippen LogP contribution in [0.2, 0.25) is 0 Å². The Balaban J connectivity index is 2.18. The molecule has 102 valence electrons. The third-order valence-corrected chi connectivity index (χ3v) is 2.23. The van der Waals surface area contributed by atoms with Crippen LogP contribution < -0.4 is 0 Å². The van der Waals surface area contributed by atoms with Gasteiger partial charge in [0.15, 0.2) is 0 Å². The van der Waals surface area contributed by atoms with E-state index in [4.69, 9.17) is 4.74 Å². The molecule has 0 amide bonds. The van der Waals surface area contributed by atoms with Crippen LogP contribution in [0.4, 0.5) is 0 Å². The Bertz CT molecular complexity index is 430. The number of carbonyl (C=O) groups excluding carboxylic acids is 1. The number of hydrogen-bond acceptors (Lipinski definition) is 4. The van der Waals surface area contributed by atoms with Gasteiger partial charge in [0.1, 0.15) is 0 Å². The van der Waals surface area contributed by atoms with Gasteiger partial charge in [0.25, 0.3) is 0 Å². The molecule has 0 fully saturated rings. The molecule has 19 heavy (non-hydrogen) atoms. The van der Waals surface area contributed by atoms with E-state index in [0.29, 0.717) is 13.2 Å². The highest BCUT2D eigenvalue weighted by atomic mass is 16.5. The molecule has 0 aliphatic heterocycles. The Morgan fingerprint density at radius 2 is 2.11 bits per heavy atom. The van der Waals surface area contributed by atoms with Crippen LogP contribution in [0.25, 0.3) is 0 Å². The highest BCUT2D eigenvalue weighted by Gasteiger charge is 2.02. The minimum Gasteiger partial charge on any atom is -0.456 e. The van der Waals surface area contributed by atoms with Crippen LogP contribution in [0.1, 0.15) is 18.9 Å². The average molecular weight is 262 g/mol. The van der Waals surface area contributed by atoms with Crippen LogP contribution in [0.15, 0.2) is 30.3 Å². The number of aliphatic hydroxyl groups is 1. The number of esters is 1. The monoisotopic (exact) mass is 262 g/mol. The van der Waals surface area contributed by atoms with Gasteiger partial charge in [-0.25, -0.2) is 4.79 Å². The Morgan fingerprint density at radius 1 is 1.37 bits per heavy atom. The molecule has 4 heteroatoms. The van der Waals surface area contributed by atoms with Crippen LogP contribution >= 0.6 is 0 Å². The van der Waals surface area contributed by atoms with Gasteiger partial charge < -0.3 is 14.6 Å². The molecule has 0 saturated heterocycles. The van der Waals surface area contributed by atoms with Crippen molar-refractivity contribution in [3.8, 4) is 11.8 Å². The number of benzene rings is 1. The molecular formula is C15H18O4. The van der Waals surface area contributed by atoms with Crippen molar-refractivity contribution in [1.29, 1.82) is 0 Å². The summed E-state index contributed by atoms with van der Waals surface area (Å²) in [4.78, 5) is 10.9. The molecule has 0 spiro atoms. The molecule has 0 bridgehead atoms. The zero-order valence-corrected chi connectivity index (χ0v) is 11.0. The molecule has 0 saturated carbocycles. The zero-order valence-electron chi connectivity index (χ0n) is 11.0. The smallest absolute Gasteiger partial charge is 0.384 e. The van der Waals surface area contributed by atoms with E-state index in [1.54, 1.807) is 6.92 Å². The molecule has 1 aromatic rings. The lowest BCUT2D eigenvalue weighted by molar-refractivity contribution is -0.136. The molecule has 0 unspecified atom stereocenters. The van der Waals surface area contributed by atoms with E-state index in [0.717, 1.165) is 5.56 Å². The van der Waals surface area contributed by atoms with E-state index in [2.05, 4.69) is 16.6 Å². The maximum absolute atomic E-state index is 10.9. The lowest BCUT2D eigenvalue weighted by Crippen LogP contribution is -2.14. The molecule has 0 heterocycles. The maximum atomic E-state index is 10.9. The average Bonchev–Trinajstić information content (AvgIpc) is 2.40. The number of aliphatic hydroxyl groups excluding tert-OH is 1. The lowest BCUT2D eigenvalue weighted by Gasteiger charge is -2.08. The van der Waals surface area contributed by atoms with E-state index in [1.807, 2.05) is 30.3 Å². The summed E-state index contributed by atoms with van der Waals surface area (Å²) in [5.41, 5.74) is 1.05. The Morgan fingerprint density at radius 3 is 2.79 bits per heavy atom. The number of ether oxygens (including phenoxy) is 2. The highest BCUT2D eigenvalue weighted by molar-refractivity contribution is 5.88. The molecule has 1 aromatic carbocycles. The van der Waals surface area contributed by atoms with Crippen molar-refractivity contribution in [2.75, 3.05) is 13.2 Å². The summed E-state index contributed by atoms with van der Waals surface area (Å²) < 4.78 is 9.99. The van der Waals surface area contributed by atoms with Gasteiger partial charge in [0.05, 0.1) is 25.9 Å². The lowest BCUT2D eigenvalue weighted by atomic mass is 10.2. The Hall–Kier alpha value is -1.83. The van der Waals surface area contributed by atoms with Crippen molar-refractivity contribution < 1.29 is 19.4 Å². The Labute approximate surface area is 113 Å². The van der Waals surface area contributed by atoms with Gasteiger partial charge in [0.2, 0.25) is 0 Å². The zero-order chi connectivity index (χ0) is 13.9. The van der Waals surface area contributed by atoms with Crippen molar-refractivity contribution in [2.45, 2.75) is 26.1 Å². The second-order valence-electron chi connectivity index (χ2n) is 3.88. The molecule has 0 aliphatic rings. The second-order valence-corrected chi connectivity index (χ2v) is 3.88. The maximum Gasteiger partial charge on any atom is 0.384 e. The van der Waals surface area contributed by atoms with Gasteiger partial charge in [-0.05, 0) is 12.5 Å². The first-order valence-electron chi connectivity index (χ1n) is 6.17. The van der Waals surface area contributed by atoms with Gasteiger partial charge in [-0.3, -0.25) is 0 Å². The summed E-state index contributed by atoms with van der Waals surface area (Å²) in [5.74, 6) is 4.29. The second kappa shape index (κ2) is 9.15. The third-order valence-electron chi connectivity index (χ3n) is 2.23. The fourth-order valence-electron chi connectivity index (χ4n) is 1.35. The largest absolute Gasteiger partial charge is 0.456 e. The number of rotatable bonds is 6. The summed E-state index contributed by atoms with van der Waals surface area (Å²) >= 11 is 0. The van der Waals surface area contributed by atoms with Crippen LogP contribution in [0.5, 0.6) is 0 Å². The first-order chi connectivity index (χ1) is 9.22. The van der Waals surface area contributed by atoms with Crippen LogP contribution in [-0.2, 0) is 20.9 Å².